The fourth-order valence-electron chi connectivity index (χ4n) is 2.77. The summed E-state index contributed by atoms with van der Waals surface area (Å²) in [5, 5.41) is 14.7. The minimum absolute atomic E-state index is 0.335. The summed E-state index contributed by atoms with van der Waals surface area (Å²) in [5.74, 6) is 0.832. The van der Waals surface area contributed by atoms with E-state index in [9.17, 15) is 5.11 Å². The van der Waals surface area contributed by atoms with Crippen molar-refractivity contribution in [1.82, 2.24) is 9.78 Å². The van der Waals surface area contributed by atoms with Crippen molar-refractivity contribution in [1.29, 1.82) is 0 Å². The Morgan fingerprint density at radius 1 is 1.33 bits per heavy atom. The quantitative estimate of drug-likeness (QED) is 0.898. The second-order valence-corrected chi connectivity index (χ2v) is 5.20. The van der Waals surface area contributed by atoms with Crippen molar-refractivity contribution < 1.29 is 5.11 Å². The van der Waals surface area contributed by atoms with E-state index in [1.807, 2.05) is 26.1 Å². The number of aryl methyl sites for hydroxylation is 2. The Morgan fingerprint density at radius 2 is 2.06 bits per heavy atom. The predicted octanol–water partition coefficient (Wildman–Crippen LogP) is 2.57. The zero-order valence-electron chi connectivity index (χ0n) is 10.7. The van der Waals surface area contributed by atoms with Crippen LogP contribution in [0.3, 0.4) is 0 Å². The maximum absolute atomic E-state index is 10.4. The number of nitrogens with zero attached hydrogens (tertiary/aromatic N) is 2. The first-order chi connectivity index (χ1) is 8.66. The van der Waals surface area contributed by atoms with Crippen LogP contribution in [-0.2, 0) is 7.05 Å². The van der Waals surface area contributed by atoms with Gasteiger partial charge in [-0.15, -0.1) is 0 Å². The van der Waals surface area contributed by atoms with Crippen molar-refractivity contribution >= 4 is 0 Å². The molecule has 0 saturated heterocycles. The molecule has 1 aliphatic carbocycles. The minimum Gasteiger partial charge on any atom is -0.387 e. The van der Waals surface area contributed by atoms with Crippen LogP contribution < -0.4 is 0 Å². The maximum atomic E-state index is 10.4. The highest BCUT2D eigenvalue weighted by molar-refractivity contribution is 5.28. The third-order valence-electron chi connectivity index (χ3n) is 3.81. The van der Waals surface area contributed by atoms with Gasteiger partial charge in [0, 0.05) is 7.05 Å². The Hall–Kier alpha value is -1.61. The van der Waals surface area contributed by atoms with E-state index < -0.39 is 6.10 Å². The molecule has 3 rings (SSSR count). The topological polar surface area (TPSA) is 38.0 Å². The minimum atomic E-state index is -0.401. The lowest BCUT2D eigenvalue weighted by Crippen LogP contribution is -2.07. The van der Waals surface area contributed by atoms with Crippen LogP contribution in [-0.4, -0.2) is 14.9 Å². The van der Waals surface area contributed by atoms with Crippen molar-refractivity contribution in [2.24, 2.45) is 13.0 Å². The fraction of sp³-hybridized carbons (Fsp3) is 0.400. The van der Waals surface area contributed by atoms with Gasteiger partial charge in [-0.2, -0.15) is 5.10 Å². The number of aromatic nitrogens is 2. The monoisotopic (exact) mass is 242 g/mol. The maximum Gasteiger partial charge on any atom is 0.0990 e. The molecule has 1 heterocycles. The van der Waals surface area contributed by atoms with Gasteiger partial charge in [-0.1, -0.05) is 30.3 Å². The third kappa shape index (κ3) is 1.95. The number of rotatable bonds is 3. The van der Waals surface area contributed by atoms with Crippen molar-refractivity contribution in [2.75, 3.05) is 0 Å². The Bertz CT molecular complexity index is 547. The molecule has 1 aromatic carbocycles. The Labute approximate surface area is 107 Å². The number of hydrogen-bond acceptors (Lipinski definition) is 2. The molecule has 0 amide bonds. The first-order valence-electron chi connectivity index (χ1n) is 6.40. The summed E-state index contributed by atoms with van der Waals surface area (Å²) < 4.78 is 1.79. The number of aliphatic hydroxyl groups is 1. The van der Waals surface area contributed by atoms with Gasteiger partial charge in [-0.05, 0) is 36.8 Å². The smallest absolute Gasteiger partial charge is 0.0990 e. The van der Waals surface area contributed by atoms with E-state index in [-0.39, 0.29) is 0 Å². The second kappa shape index (κ2) is 4.25. The van der Waals surface area contributed by atoms with Gasteiger partial charge in [0.05, 0.1) is 17.5 Å². The van der Waals surface area contributed by atoms with Gasteiger partial charge < -0.3 is 5.11 Å². The van der Waals surface area contributed by atoms with Crippen molar-refractivity contribution in [2.45, 2.75) is 25.4 Å². The lowest BCUT2D eigenvalue weighted by Gasteiger charge is -2.10. The first-order valence-corrected chi connectivity index (χ1v) is 6.40. The lowest BCUT2D eigenvalue weighted by atomic mass is 10.0. The van der Waals surface area contributed by atoms with Crippen LogP contribution in [0.5, 0.6) is 0 Å². The molecule has 0 radical (unpaired) electrons. The Kier molecular flexibility index (Phi) is 2.71. The van der Waals surface area contributed by atoms with Gasteiger partial charge >= 0.3 is 0 Å². The van der Waals surface area contributed by atoms with Crippen LogP contribution in [0.4, 0.5) is 0 Å². The van der Waals surface area contributed by atoms with E-state index in [1.165, 1.54) is 5.56 Å². The molecule has 94 valence electrons. The summed E-state index contributed by atoms with van der Waals surface area (Å²) in [7, 11) is 1.89. The predicted molar refractivity (Wildman–Crippen MR) is 70.2 cm³/mol. The van der Waals surface area contributed by atoms with Gasteiger partial charge in [0.15, 0.2) is 0 Å². The molecule has 3 nitrogen and oxygen atoms in total. The van der Waals surface area contributed by atoms with Crippen molar-refractivity contribution in [3.8, 4) is 0 Å². The molecule has 3 heteroatoms. The largest absolute Gasteiger partial charge is 0.387 e. The van der Waals surface area contributed by atoms with E-state index in [2.05, 4.69) is 29.4 Å². The summed E-state index contributed by atoms with van der Waals surface area (Å²) in [6.45, 7) is 1.96. The van der Waals surface area contributed by atoms with E-state index in [1.54, 1.807) is 4.68 Å². The first kappa shape index (κ1) is 11.5. The van der Waals surface area contributed by atoms with E-state index in [0.29, 0.717) is 11.8 Å². The number of benzene rings is 1. The molecule has 0 bridgehead atoms. The summed E-state index contributed by atoms with van der Waals surface area (Å²) in [6.07, 6.45) is 0.663. The third-order valence-corrected chi connectivity index (χ3v) is 3.81. The molecule has 1 fully saturated rings. The molecule has 18 heavy (non-hydrogen) atoms. The molecule has 0 spiro atoms. The van der Waals surface area contributed by atoms with Crippen LogP contribution in [0.1, 0.15) is 35.4 Å². The van der Waals surface area contributed by atoms with Crippen molar-refractivity contribution in [3.63, 3.8) is 0 Å². The fourth-order valence-corrected chi connectivity index (χ4v) is 2.77. The summed E-state index contributed by atoms with van der Waals surface area (Å²) in [4.78, 5) is 0. The van der Waals surface area contributed by atoms with Crippen LogP contribution in [0.2, 0.25) is 0 Å². The van der Waals surface area contributed by atoms with E-state index in [0.717, 1.165) is 17.8 Å². The molecule has 3 unspecified atom stereocenters. The number of hydrogen-bond donors (Lipinski definition) is 1. The molecular weight excluding hydrogens is 224 g/mol. The van der Waals surface area contributed by atoms with Crippen LogP contribution in [0.25, 0.3) is 0 Å². The van der Waals surface area contributed by atoms with Crippen LogP contribution >= 0.6 is 0 Å². The summed E-state index contributed by atoms with van der Waals surface area (Å²) >= 11 is 0. The summed E-state index contributed by atoms with van der Waals surface area (Å²) in [6, 6.07) is 12.4. The van der Waals surface area contributed by atoms with Gasteiger partial charge in [0.25, 0.3) is 0 Å². The SMILES string of the molecule is Cc1cc(C(O)C2CC2c2ccccc2)n(C)n1. The molecule has 1 aliphatic rings. The zero-order chi connectivity index (χ0) is 12.7. The standard InChI is InChI=1S/C15H18N2O/c1-10-8-14(17(2)16-10)15(18)13-9-12(13)11-6-4-3-5-7-11/h3-8,12-13,15,18H,9H2,1-2H3. The van der Waals surface area contributed by atoms with Gasteiger partial charge in [0.1, 0.15) is 0 Å². The molecule has 3 atom stereocenters. The molecule has 1 saturated carbocycles. The average molecular weight is 242 g/mol. The highest BCUT2D eigenvalue weighted by atomic mass is 16.3. The summed E-state index contributed by atoms with van der Waals surface area (Å²) in [5.41, 5.74) is 3.22. The molecule has 0 aliphatic heterocycles. The normalized spacial score (nSPS) is 23.9. The van der Waals surface area contributed by atoms with Gasteiger partial charge in [0.2, 0.25) is 0 Å². The van der Waals surface area contributed by atoms with E-state index >= 15 is 0 Å². The molecule has 2 aromatic rings. The van der Waals surface area contributed by atoms with Gasteiger partial charge in [-0.25, -0.2) is 0 Å². The lowest BCUT2D eigenvalue weighted by molar-refractivity contribution is 0.142. The second-order valence-electron chi connectivity index (χ2n) is 5.20. The van der Waals surface area contributed by atoms with E-state index in [4.69, 9.17) is 0 Å². The number of aliphatic hydroxyl groups excluding tert-OH is 1. The zero-order valence-corrected chi connectivity index (χ0v) is 10.7. The van der Waals surface area contributed by atoms with Crippen LogP contribution in [0, 0.1) is 12.8 Å². The molecular formula is C15H18N2O. The van der Waals surface area contributed by atoms with Crippen LogP contribution in [0.15, 0.2) is 36.4 Å². The highest BCUT2D eigenvalue weighted by Crippen LogP contribution is 2.53. The van der Waals surface area contributed by atoms with Crippen molar-refractivity contribution in [3.05, 3.63) is 53.3 Å². The highest BCUT2D eigenvalue weighted by Gasteiger charge is 2.44. The Balaban J connectivity index is 1.77. The average Bonchev–Trinajstić information content (AvgIpc) is 3.10. The molecule has 1 N–H and O–H groups in total. The molecule has 1 aromatic heterocycles. The Morgan fingerprint density at radius 3 is 2.67 bits per heavy atom. The van der Waals surface area contributed by atoms with Gasteiger partial charge in [-0.3, -0.25) is 4.68 Å².